The number of benzene rings is 2. The molecule has 0 spiro atoms. The number of ether oxygens (including phenoxy) is 4. The van der Waals surface area contributed by atoms with Gasteiger partial charge in [0.2, 0.25) is 5.91 Å². The van der Waals surface area contributed by atoms with Gasteiger partial charge in [-0.1, -0.05) is 6.07 Å². The van der Waals surface area contributed by atoms with Crippen LogP contribution in [0.25, 0.3) is 0 Å². The number of hydrogen-bond donors (Lipinski definition) is 1. The summed E-state index contributed by atoms with van der Waals surface area (Å²) in [7, 11) is 3.10. The molecule has 194 valence electrons. The minimum Gasteiger partial charge on any atom is -0.493 e. The maximum atomic E-state index is 12.8. The van der Waals surface area contributed by atoms with Gasteiger partial charge in [0, 0.05) is 31.0 Å². The second-order valence-corrected chi connectivity index (χ2v) is 9.30. The lowest BCUT2D eigenvalue weighted by atomic mass is 10.0. The lowest BCUT2D eigenvalue weighted by Crippen LogP contribution is -2.44. The summed E-state index contributed by atoms with van der Waals surface area (Å²) in [5, 5.41) is 3.22. The highest BCUT2D eigenvalue weighted by atomic mass is 16.6. The highest BCUT2D eigenvalue weighted by molar-refractivity contribution is 5.96. The number of fused-ring (bicyclic) bond motifs is 1. The molecule has 0 radical (unpaired) electrons. The minimum atomic E-state index is -0.0307. The molecule has 0 aliphatic carbocycles. The Morgan fingerprint density at radius 2 is 1.69 bits per heavy atom. The van der Waals surface area contributed by atoms with E-state index in [2.05, 4.69) is 10.2 Å². The van der Waals surface area contributed by atoms with Crippen LogP contribution in [0.5, 0.6) is 23.0 Å². The van der Waals surface area contributed by atoms with Crippen LogP contribution in [0.15, 0.2) is 36.4 Å². The molecule has 1 amide bonds. The first kappa shape index (κ1) is 25.8. The van der Waals surface area contributed by atoms with Gasteiger partial charge in [-0.05, 0) is 74.7 Å². The number of carbonyl (C=O) groups excluding carboxylic acids is 2. The summed E-state index contributed by atoms with van der Waals surface area (Å²) in [6.45, 7) is 4.05. The van der Waals surface area contributed by atoms with Crippen molar-refractivity contribution >= 4 is 11.7 Å². The van der Waals surface area contributed by atoms with E-state index in [-0.39, 0.29) is 17.7 Å². The van der Waals surface area contributed by atoms with Gasteiger partial charge < -0.3 is 29.2 Å². The fraction of sp³-hybridized carbons (Fsp3) is 0.500. The summed E-state index contributed by atoms with van der Waals surface area (Å²) in [6.07, 6.45) is 4.19. The molecule has 8 heteroatoms. The quantitative estimate of drug-likeness (QED) is 0.449. The fourth-order valence-corrected chi connectivity index (χ4v) is 4.80. The normalized spacial score (nSPS) is 15.8. The first-order valence-electron chi connectivity index (χ1n) is 12.7. The summed E-state index contributed by atoms with van der Waals surface area (Å²) in [6, 6.07) is 11.1. The number of carbonyl (C=O) groups is 2. The summed E-state index contributed by atoms with van der Waals surface area (Å²) in [5.74, 6) is 2.58. The molecule has 2 aliphatic rings. The van der Waals surface area contributed by atoms with Crippen molar-refractivity contribution in [2.24, 2.45) is 0 Å². The fourth-order valence-electron chi connectivity index (χ4n) is 4.80. The number of likely N-dealkylation sites (tertiary alicyclic amines) is 1. The molecule has 4 rings (SSSR count). The molecule has 1 saturated heterocycles. The van der Waals surface area contributed by atoms with Crippen LogP contribution in [0.2, 0.25) is 0 Å². The number of hydrogen-bond acceptors (Lipinski definition) is 7. The molecule has 1 atom stereocenters. The van der Waals surface area contributed by atoms with Crippen LogP contribution in [0.3, 0.4) is 0 Å². The van der Waals surface area contributed by atoms with Crippen molar-refractivity contribution in [1.29, 1.82) is 0 Å². The molecule has 1 unspecified atom stereocenters. The zero-order chi connectivity index (χ0) is 25.3. The molecular weight excluding hydrogens is 460 g/mol. The van der Waals surface area contributed by atoms with E-state index >= 15 is 0 Å². The Morgan fingerprint density at radius 3 is 2.44 bits per heavy atom. The molecule has 8 nitrogen and oxygen atoms in total. The van der Waals surface area contributed by atoms with Crippen molar-refractivity contribution < 1.29 is 28.5 Å². The number of rotatable bonds is 12. The number of Topliss-reactive ketones (excluding diaryl/α,β-unsaturated/α-hetero) is 1. The van der Waals surface area contributed by atoms with E-state index < -0.39 is 0 Å². The number of amides is 1. The van der Waals surface area contributed by atoms with Crippen molar-refractivity contribution in [3.05, 3.63) is 47.5 Å². The van der Waals surface area contributed by atoms with Crippen LogP contribution >= 0.6 is 0 Å². The molecule has 0 bridgehead atoms. The predicted octanol–water partition coefficient (Wildman–Crippen LogP) is 3.65. The van der Waals surface area contributed by atoms with Gasteiger partial charge in [0.15, 0.2) is 28.8 Å². The van der Waals surface area contributed by atoms with Gasteiger partial charge in [-0.2, -0.15) is 0 Å². The van der Waals surface area contributed by atoms with Crippen molar-refractivity contribution in [3.63, 3.8) is 0 Å². The van der Waals surface area contributed by atoms with Crippen molar-refractivity contribution in [2.75, 3.05) is 47.1 Å². The van der Waals surface area contributed by atoms with E-state index in [0.29, 0.717) is 56.0 Å². The highest BCUT2D eigenvalue weighted by Crippen LogP contribution is 2.31. The van der Waals surface area contributed by atoms with Gasteiger partial charge in [0.05, 0.1) is 14.2 Å². The van der Waals surface area contributed by atoms with E-state index in [4.69, 9.17) is 18.9 Å². The SMILES string of the molecule is COc1ccc(C(=O)CCCC(=O)NC(Cc2ccc3c(c2)OCCO3)CN2CCCC2)cc1OC. The third-order valence-electron chi connectivity index (χ3n) is 6.64. The van der Waals surface area contributed by atoms with Gasteiger partial charge in [0.1, 0.15) is 13.2 Å². The topological polar surface area (TPSA) is 86.3 Å². The third kappa shape index (κ3) is 6.91. The molecule has 1 N–H and O–H groups in total. The van der Waals surface area contributed by atoms with E-state index in [9.17, 15) is 9.59 Å². The zero-order valence-corrected chi connectivity index (χ0v) is 21.2. The first-order chi connectivity index (χ1) is 17.6. The molecule has 2 aliphatic heterocycles. The van der Waals surface area contributed by atoms with Crippen LogP contribution in [0.4, 0.5) is 0 Å². The molecule has 2 aromatic carbocycles. The molecule has 0 aromatic heterocycles. The first-order valence-corrected chi connectivity index (χ1v) is 12.7. The molecule has 0 saturated carbocycles. The Balaban J connectivity index is 1.31. The van der Waals surface area contributed by atoms with Gasteiger partial charge in [-0.3, -0.25) is 9.59 Å². The third-order valence-corrected chi connectivity index (χ3v) is 6.64. The second-order valence-electron chi connectivity index (χ2n) is 9.30. The number of methoxy groups -OCH3 is 2. The van der Waals surface area contributed by atoms with Gasteiger partial charge in [0.25, 0.3) is 0 Å². The zero-order valence-electron chi connectivity index (χ0n) is 21.2. The Bertz CT molecular complexity index is 1050. The molecule has 1 fully saturated rings. The summed E-state index contributed by atoms with van der Waals surface area (Å²) < 4.78 is 21.9. The van der Waals surface area contributed by atoms with E-state index in [0.717, 1.165) is 36.7 Å². The number of nitrogens with zero attached hydrogens (tertiary/aromatic N) is 1. The smallest absolute Gasteiger partial charge is 0.220 e. The number of ketones is 1. The summed E-state index contributed by atoms with van der Waals surface area (Å²) >= 11 is 0. The summed E-state index contributed by atoms with van der Waals surface area (Å²) in [5.41, 5.74) is 1.66. The highest BCUT2D eigenvalue weighted by Gasteiger charge is 2.21. The van der Waals surface area contributed by atoms with Gasteiger partial charge >= 0.3 is 0 Å². The van der Waals surface area contributed by atoms with Crippen LogP contribution < -0.4 is 24.3 Å². The Labute approximate surface area is 212 Å². The minimum absolute atomic E-state index is 0.0142. The van der Waals surface area contributed by atoms with Crippen LogP contribution in [-0.2, 0) is 11.2 Å². The lowest BCUT2D eigenvalue weighted by Gasteiger charge is -2.25. The summed E-state index contributed by atoms with van der Waals surface area (Å²) in [4.78, 5) is 27.9. The lowest BCUT2D eigenvalue weighted by molar-refractivity contribution is -0.122. The van der Waals surface area contributed by atoms with Crippen molar-refractivity contribution in [2.45, 2.75) is 44.6 Å². The van der Waals surface area contributed by atoms with Crippen molar-refractivity contribution in [3.8, 4) is 23.0 Å². The Morgan fingerprint density at radius 1 is 0.944 bits per heavy atom. The van der Waals surface area contributed by atoms with Gasteiger partial charge in [-0.15, -0.1) is 0 Å². The standard InChI is InChI=1S/C28H36N2O6/c1-33-24-11-9-21(18-26(24)34-2)23(31)6-5-7-28(32)29-22(19-30-12-3-4-13-30)16-20-8-10-25-27(17-20)36-15-14-35-25/h8-11,17-18,22H,3-7,12-16,19H2,1-2H3,(H,29,32). The monoisotopic (exact) mass is 496 g/mol. The average Bonchev–Trinajstić information content (AvgIpc) is 3.41. The van der Waals surface area contributed by atoms with Crippen LogP contribution in [0, 0.1) is 0 Å². The number of nitrogens with one attached hydrogen (secondary N) is 1. The van der Waals surface area contributed by atoms with E-state index in [1.165, 1.54) is 12.8 Å². The van der Waals surface area contributed by atoms with Crippen molar-refractivity contribution in [1.82, 2.24) is 10.2 Å². The molecule has 2 heterocycles. The van der Waals surface area contributed by atoms with E-state index in [1.807, 2.05) is 18.2 Å². The second kappa shape index (κ2) is 12.6. The Hall–Kier alpha value is -3.26. The van der Waals surface area contributed by atoms with Crippen LogP contribution in [0.1, 0.15) is 48.0 Å². The predicted molar refractivity (Wildman–Crippen MR) is 136 cm³/mol. The average molecular weight is 497 g/mol. The van der Waals surface area contributed by atoms with Crippen LogP contribution in [-0.4, -0.2) is 69.7 Å². The largest absolute Gasteiger partial charge is 0.493 e. The molecular formula is C28H36N2O6. The van der Waals surface area contributed by atoms with Gasteiger partial charge in [-0.25, -0.2) is 0 Å². The Kier molecular flexibility index (Phi) is 9.06. The maximum Gasteiger partial charge on any atom is 0.220 e. The molecule has 36 heavy (non-hydrogen) atoms. The maximum absolute atomic E-state index is 12.8. The molecule has 2 aromatic rings. The van der Waals surface area contributed by atoms with E-state index in [1.54, 1.807) is 32.4 Å².